The molecule has 1 aromatic carbocycles. The number of aromatic nitrogens is 1. The molecule has 0 aliphatic rings. The molecule has 1 N–H and O–H groups in total. The Morgan fingerprint density at radius 3 is 2.56 bits per heavy atom. The van der Waals surface area contributed by atoms with E-state index < -0.39 is 6.10 Å². The normalized spacial score (nSPS) is 12.4. The Labute approximate surface area is 110 Å². The number of halogens is 1. The summed E-state index contributed by atoms with van der Waals surface area (Å²) in [6, 6.07) is 9.82. The lowest BCUT2D eigenvalue weighted by Crippen LogP contribution is -2.00. The smallest absolute Gasteiger partial charge is 0.123 e. The summed E-state index contributed by atoms with van der Waals surface area (Å²) < 4.78 is 12.7. The number of rotatable bonds is 4. The topological polar surface area (TPSA) is 33.1 Å². The molecule has 1 unspecified atom stereocenters. The summed E-state index contributed by atoms with van der Waals surface area (Å²) in [5.74, 6) is 0.209. The Morgan fingerprint density at radius 2 is 1.94 bits per heavy atom. The van der Waals surface area contributed by atoms with Crippen LogP contribution in [0.25, 0.3) is 0 Å². The summed E-state index contributed by atoms with van der Waals surface area (Å²) in [6.45, 7) is 1.98. The minimum Gasteiger partial charge on any atom is -0.388 e. The van der Waals surface area contributed by atoms with Crippen LogP contribution < -0.4 is 0 Å². The number of hydrogen-bond donors (Lipinski definition) is 1. The molecule has 1 heterocycles. The summed E-state index contributed by atoms with van der Waals surface area (Å²) in [5.41, 5.74) is 1.83. The second-order valence-electron chi connectivity index (χ2n) is 4.05. The summed E-state index contributed by atoms with van der Waals surface area (Å²) in [5, 5.41) is 10.8. The van der Waals surface area contributed by atoms with Crippen molar-refractivity contribution in [3.05, 3.63) is 59.5 Å². The van der Waals surface area contributed by atoms with Crippen molar-refractivity contribution >= 4 is 11.8 Å². The van der Waals surface area contributed by atoms with E-state index in [9.17, 15) is 9.50 Å². The molecule has 1 atom stereocenters. The standard InChI is InChI=1S/C14H14FNOS/c1-10-2-7-14(16-8-10)18-9-13(17)11-3-5-12(15)6-4-11/h2-8,13,17H,9H2,1H3. The van der Waals surface area contributed by atoms with Gasteiger partial charge in [0.25, 0.3) is 0 Å². The molecule has 0 bridgehead atoms. The first kappa shape index (κ1) is 13.1. The molecule has 0 spiro atoms. The van der Waals surface area contributed by atoms with Crippen molar-refractivity contribution in [1.29, 1.82) is 0 Å². The Balaban J connectivity index is 1.93. The second-order valence-corrected chi connectivity index (χ2v) is 5.09. The fraction of sp³-hybridized carbons (Fsp3) is 0.214. The second kappa shape index (κ2) is 5.98. The fourth-order valence-corrected chi connectivity index (χ4v) is 2.30. The molecular formula is C14H14FNOS. The third-order valence-corrected chi connectivity index (χ3v) is 3.55. The molecule has 0 fully saturated rings. The number of pyridine rings is 1. The Kier molecular flexibility index (Phi) is 4.33. The Bertz CT molecular complexity index is 498. The van der Waals surface area contributed by atoms with Crippen LogP contribution in [0.2, 0.25) is 0 Å². The average Bonchev–Trinajstić information content (AvgIpc) is 2.38. The van der Waals surface area contributed by atoms with Crippen LogP contribution >= 0.6 is 11.8 Å². The lowest BCUT2D eigenvalue weighted by atomic mass is 10.1. The zero-order valence-corrected chi connectivity index (χ0v) is 10.8. The van der Waals surface area contributed by atoms with Gasteiger partial charge in [0.05, 0.1) is 11.1 Å². The molecule has 0 amide bonds. The molecule has 2 nitrogen and oxygen atoms in total. The van der Waals surface area contributed by atoms with Gasteiger partial charge in [-0.15, -0.1) is 11.8 Å². The van der Waals surface area contributed by atoms with Crippen LogP contribution in [0.3, 0.4) is 0 Å². The maximum Gasteiger partial charge on any atom is 0.123 e. The maximum absolute atomic E-state index is 12.7. The molecule has 1 aromatic heterocycles. The molecule has 94 valence electrons. The third kappa shape index (κ3) is 3.55. The molecule has 0 radical (unpaired) electrons. The number of aliphatic hydroxyl groups excluding tert-OH is 1. The van der Waals surface area contributed by atoms with Crippen LogP contribution in [0.4, 0.5) is 4.39 Å². The number of benzene rings is 1. The van der Waals surface area contributed by atoms with E-state index in [0.717, 1.165) is 16.2 Å². The summed E-state index contributed by atoms with van der Waals surface area (Å²) in [4.78, 5) is 4.25. The van der Waals surface area contributed by atoms with Crippen LogP contribution in [0.5, 0.6) is 0 Å². The van der Waals surface area contributed by atoms with Crippen molar-refractivity contribution in [1.82, 2.24) is 4.98 Å². The monoisotopic (exact) mass is 263 g/mol. The van der Waals surface area contributed by atoms with E-state index in [0.29, 0.717) is 5.75 Å². The van der Waals surface area contributed by atoms with Gasteiger partial charge in [0.2, 0.25) is 0 Å². The van der Waals surface area contributed by atoms with Gasteiger partial charge in [-0.25, -0.2) is 9.37 Å². The zero-order valence-electron chi connectivity index (χ0n) is 10.0. The minimum absolute atomic E-state index is 0.293. The van der Waals surface area contributed by atoms with E-state index in [1.165, 1.54) is 23.9 Å². The number of aliphatic hydroxyl groups is 1. The first-order valence-electron chi connectivity index (χ1n) is 5.64. The van der Waals surface area contributed by atoms with Crippen LogP contribution in [0.1, 0.15) is 17.2 Å². The van der Waals surface area contributed by atoms with Gasteiger partial charge in [-0.2, -0.15) is 0 Å². The molecule has 2 rings (SSSR count). The van der Waals surface area contributed by atoms with Gasteiger partial charge in [-0.05, 0) is 36.2 Å². The van der Waals surface area contributed by atoms with Gasteiger partial charge in [0.1, 0.15) is 5.82 Å². The molecule has 2 aromatic rings. The van der Waals surface area contributed by atoms with Gasteiger partial charge in [0, 0.05) is 11.9 Å². The largest absolute Gasteiger partial charge is 0.388 e. The predicted octanol–water partition coefficient (Wildman–Crippen LogP) is 3.35. The van der Waals surface area contributed by atoms with Crippen molar-refractivity contribution in [2.75, 3.05) is 5.75 Å². The highest BCUT2D eigenvalue weighted by Gasteiger charge is 2.08. The molecule has 18 heavy (non-hydrogen) atoms. The van der Waals surface area contributed by atoms with E-state index in [-0.39, 0.29) is 5.82 Å². The van der Waals surface area contributed by atoms with Crippen LogP contribution in [-0.2, 0) is 0 Å². The SMILES string of the molecule is Cc1ccc(SCC(O)c2ccc(F)cc2)nc1. The first-order chi connectivity index (χ1) is 8.65. The molecule has 0 saturated carbocycles. The lowest BCUT2D eigenvalue weighted by Gasteiger charge is -2.10. The van der Waals surface area contributed by atoms with Crippen LogP contribution in [-0.4, -0.2) is 15.8 Å². The average molecular weight is 263 g/mol. The van der Waals surface area contributed by atoms with Gasteiger partial charge >= 0.3 is 0 Å². The summed E-state index contributed by atoms with van der Waals surface area (Å²) >= 11 is 1.48. The molecule has 4 heteroatoms. The van der Waals surface area contributed by atoms with Crippen LogP contribution in [0.15, 0.2) is 47.6 Å². The van der Waals surface area contributed by atoms with Crippen molar-refractivity contribution in [2.45, 2.75) is 18.1 Å². The molecule has 0 aliphatic heterocycles. The predicted molar refractivity (Wildman–Crippen MR) is 71.1 cm³/mol. The highest BCUT2D eigenvalue weighted by atomic mass is 32.2. The van der Waals surface area contributed by atoms with E-state index in [2.05, 4.69) is 4.98 Å². The number of thioether (sulfide) groups is 1. The lowest BCUT2D eigenvalue weighted by molar-refractivity contribution is 0.204. The van der Waals surface area contributed by atoms with Gasteiger partial charge in [-0.1, -0.05) is 18.2 Å². The van der Waals surface area contributed by atoms with Gasteiger partial charge < -0.3 is 5.11 Å². The molecule has 0 saturated heterocycles. The van der Waals surface area contributed by atoms with Crippen molar-refractivity contribution in [2.24, 2.45) is 0 Å². The zero-order chi connectivity index (χ0) is 13.0. The Hall–Kier alpha value is -1.39. The summed E-state index contributed by atoms with van der Waals surface area (Å²) in [6.07, 6.45) is 1.19. The van der Waals surface area contributed by atoms with E-state index in [4.69, 9.17) is 0 Å². The quantitative estimate of drug-likeness (QED) is 0.859. The van der Waals surface area contributed by atoms with E-state index in [1.54, 1.807) is 18.3 Å². The summed E-state index contributed by atoms with van der Waals surface area (Å²) in [7, 11) is 0. The Morgan fingerprint density at radius 1 is 1.22 bits per heavy atom. The third-order valence-electron chi connectivity index (χ3n) is 2.53. The van der Waals surface area contributed by atoms with E-state index >= 15 is 0 Å². The van der Waals surface area contributed by atoms with Gasteiger partial charge in [-0.3, -0.25) is 0 Å². The van der Waals surface area contributed by atoms with Crippen molar-refractivity contribution in [3.8, 4) is 0 Å². The van der Waals surface area contributed by atoms with Crippen molar-refractivity contribution in [3.63, 3.8) is 0 Å². The van der Waals surface area contributed by atoms with E-state index in [1.807, 2.05) is 19.1 Å². The maximum atomic E-state index is 12.7. The number of nitrogens with zero attached hydrogens (tertiary/aromatic N) is 1. The molecule has 0 aliphatic carbocycles. The molecular weight excluding hydrogens is 249 g/mol. The number of aryl methyl sites for hydroxylation is 1. The highest BCUT2D eigenvalue weighted by Crippen LogP contribution is 2.23. The van der Waals surface area contributed by atoms with Crippen LogP contribution in [0, 0.1) is 12.7 Å². The van der Waals surface area contributed by atoms with Crippen molar-refractivity contribution < 1.29 is 9.50 Å². The fourth-order valence-electron chi connectivity index (χ4n) is 1.49. The highest BCUT2D eigenvalue weighted by molar-refractivity contribution is 7.99. The number of hydrogen-bond acceptors (Lipinski definition) is 3. The minimum atomic E-state index is -0.612. The van der Waals surface area contributed by atoms with Gasteiger partial charge in [0.15, 0.2) is 0 Å². The first-order valence-corrected chi connectivity index (χ1v) is 6.63.